The molecule has 2 amide bonds. The summed E-state index contributed by atoms with van der Waals surface area (Å²) in [6.45, 7) is 3.31. The molecule has 0 radical (unpaired) electrons. The van der Waals surface area contributed by atoms with Crippen LogP contribution in [0.2, 0.25) is 0 Å². The maximum atomic E-state index is 13.0. The molecule has 3 rings (SSSR count). The SMILES string of the molecule is CC1CCN(C(=O)c2cccc(NC(=O)c3ccc(F)cc3)c2)C(CN)C1. The summed E-state index contributed by atoms with van der Waals surface area (Å²) in [6.07, 6.45) is 1.87. The Bertz CT molecular complexity index is 822. The minimum Gasteiger partial charge on any atom is -0.334 e. The minimum atomic E-state index is -0.399. The summed E-state index contributed by atoms with van der Waals surface area (Å²) >= 11 is 0. The summed E-state index contributed by atoms with van der Waals surface area (Å²) in [7, 11) is 0. The first-order valence-corrected chi connectivity index (χ1v) is 9.16. The number of benzene rings is 2. The number of amides is 2. The van der Waals surface area contributed by atoms with Crippen molar-refractivity contribution in [2.45, 2.75) is 25.8 Å². The van der Waals surface area contributed by atoms with E-state index >= 15 is 0 Å². The Morgan fingerprint density at radius 3 is 2.63 bits per heavy atom. The van der Waals surface area contributed by atoms with E-state index in [1.807, 2.05) is 4.90 Å². The lowest BCUT2D eigenvalue weighted by Crippen LogP contribution is -2.49. The summed E-state index contributed by atoms with van der Waals surface area (Å²) in [5.74, 6) is -0.269. The number of piperidine rings is 1. The second-order valence-electron chi connectivity index (χ2n) is 7.06. The summed E-state index contributed by atoms with van der Waals surface area (Å²) in [6, 6.07) is 12.2. The van der Waals surface area contributed by atoms with E-state index in [4.69, 9.17) is 5.73 Å². The van der Waals surface area contributed by atoms with E-state index in [0.717, 1.165) is 12.8 Å². The van der Waals surface area contributed by atoms with Crippen LogP contribution in [0.25, 0.3) is 0 Å². The highest BCUT2D eigenvalue weighted by Crippen LogP contribution is 2.24. The van der Waals surface area contributed by atoms with Crippen LogP contribution in [-0.4, -0.2) is 35.8 Å². The van der Waals surface area contributed by atoms with Gasteiger partial charge in [-0.15, -0.1) is 0 Å². The van der Waals surface area contributed by atoms with E-state index in [0.29, 0.717) is 35.8 Å². The third kappa shape index (κ3) is 4.52. The Kier molecular flexibility index (Phi) is 5.86. The van der Waals surface area contributed by atoms with Crippen molar-refractivity contribution in [3.05, 3.63) is 65.5 Å². The van der Waals surface area contributed by atoms with E-state index in [1.54, 1.807) is 24.3 Å². The maximum Gasteiger partial charge on any atom is 0.255 e. The fourth-order valence-corrected chi connectivity index (χ4v) is 3.44. The predicted octanol–water partition coefficient (Wildman–Crippen LogP) is 3.28. The van der Waals surface area contributed by atoms with Gasteiger partial charge in [0.25, 0.3) is 11.8 Å². The number of nitrogens with two attached hydrogens (primary N) is 1. The van der Waals surface area contributed by atoms with E-state index < -0.39 is 5.82 Å². The first-order valence-electron chi connectivity index (χ1n) is 9.16. The van der Waals surface area contributed by atoms with Crippen LogP contribution in [0, 0.1) is 11.7 Å². The number of hydrogen-bond donors (Lipinski definition) is 2. The van der Waals surface area contributed by atoms with Crippen molar-refractivity contribution in [2.24, 2.45) is 11.7 Å². The molecule has 1 heterocycles. The summed E-state index contributed by atoms with van der Waals surface area (Å²) in [5.41, 5.74) is 7.25. The summed E-state index contributed by atoms with van der Waals surface area (Å²) in [5, 5.41) is 2.75. The molecule has 1 saturated heterocycles. The second-order valence-corrected chi connectivity index (χ2v) is 7.06. The standard InChI is InChI=1S/C21H24FN3O2/c1-14-9-10-25(19(11-14)13-23)21(27)16-3-2-4-18(12-16)24-20(26)15-5-7-17(22)8-6-15/h2-8,12,14,19H,9-11,13,23H2,1H3,(H,24,26). The first kappa shape index (κ1) is 19.0. The van der Waals surface area contributed by atoms with Crippen LogP contribution < -0.4 is 11.1 Å². The molecule has 0 aliphatic carbocycles. The van der Waals surface area contributed by atoms with Gasteiger partial charge in [0.2, 0.25) is 0 Å². The molecular weight excluding hydrogens is 345 g/mol. The number of anilines is 1. The minimum absolute atomic E-state index is 0.0405. The normalized spacial score (nSPS) is 19.6. The Morgan fingerprint density at radius 2 is 1.93 bits per heavy atom. The van der Waals surface area contributed by atoms with Gasteiger partial charge < -0.3 is 16.0 Å². The summed E-state index contributed by atoms with van der Waals surface area (Å²) in [4.78, 5) is 27.1. The zero-order chi connectivity index (χ0) is 19.4. The van der Waals surface area contributed by atoms with Gasteiger partial charge in [-0.25, -0.2) is 4.39 Å². The van der Waals surface area contributed by atoms with Gasteiger partial charge in [0.1, 0.15) is 5.82 Å². The molecule has 142 valence electrons. The molecule has 27 heavy (non-hydrogen) atoms. The molecule has 0 spiro atoms. The maximum absolute atomic E-state index is 13.0. The van der Waals surface area contributed by atoms with Crippen molar-refractivity contribution in [3.63, 3.8) is 0 Å². The second kappa shape index (κ2) is 8.31. The van der Waals surface area contributed by atoms with Gasteiger partial charge in [-0.1, -0.05) is 13.0 Å². The van der Waals surface area contributed by atoms with Gasteiger partial charge in [-0.05, 0) is 61.2 Å². The number of halogens is 1. The fourth-order valence-electron chi connectivity index (χ4n) is 3.44. The van der Waals surface area contributed by atoms with Crippen molar-refractivity contribution in [1.82, 2.24) is 4.90 Å². The van der Waals surface area contributed by atoms with Crippen molar-refractivity contribution in [3.8, 4) is 0 Å². The van der Waals surface area contributed by atoms with Crippen molar-refractivity contribution >= 4 is 17.5 Å². The first-order chi connectivity index (χ1) is 13.0. The lowest BCUT2D eigenvalue weighted by molar-refractivity contribution is 0.0573. The van der Waals surface area contributed by atoms with Crippen LogP contribution in [0.3, 0.4) is 0 Å². The Labute approximate surface area is 158 Å². The average Bonchev–Trinajstić information content (AvgIpc) is 2.68. The lowest BCUT2D eigenvalue weighted by Gasteiger charge is -2.38. The molecular formula is C21H24FN3O2. The van der Waals surface area contributed by atoms with Gasteiger partial charge in [0.05, 0.1) is 0 Å². The number of nitrogens with one attached hydrogen (secondary N) is 1. The molecule has 2 aromatic rings. The van der Waals surface area contributed by atoms with Crippen LogP contribution in [0.1, 0.15) is 40.5 Å². The zero-order valence-corrected chi connectivity index (χ0v) is 15.3. The van der Waals surface area contributed by atoms with Crippen LogP contribution in [-0.2, 0) is 0 Å². The zero-order valence-electron chi connectivity index (χ0n) is 15.3. The fraction of sp³-hybridized carbons (Fsp3) is 0.333. The van der Waals surface area contributed by atoms with Gasteiger partial charge in [0.15, 0.2) is 0 Å². The molecule has 1 aliphatic rings. The third-order valence-electron chi connectivity index (χ3n) is 4.98. The molecule has 5 nitrogen and oxygen atoms in total. The van der Waals surface area contributed by atoms with Gasteiger partial charge in [-0.3, -0.25) is 9.59 Å². The monoisotopic (exact) mass is 369 g/mol. The molecule has 6 heteroatoms. The highest BCUT2D eigenvalue weighted by Gasteiger charge is 2.29. The molecule has 1 fully saturated rings. The number of carbonyl (C=O) groups excluding carboxylic acids is 2. The van der Waals surface area contributed by atoms with E-state index in [9.17, 15) is 14.0 Å². The highest BCUT2D eigenvalue weighted by atomic mass is 19.1. The number of rotatable bonds is 4. The van der Waals surface area contributed by atoms with Crippen LogP contribution in [0.15, 0.2) is 48.5 Å². The molecule has 1 aliphatic heterocycles. The van der Waals surface area contributed by atoms with Gasteiger partial charge >= 0.3 is 0 Å². The molecule has 0 saturated carbocycles. The highest BCUT2D eigenvalue weighted by molar-refractivity contribution is 6.05. The third-order valence-corrected chi connectivity index (χ3v) is 4.98. The number of nitrogens with zero attached hydrogens (tertiary/aromatic N) is 1. The molecule has 3 N–H and O–H groups in total. The molecule has 2 atom stereocenters. The largest absolute Gasteiger partial charge is 0.334 e. The molecule has 0 bridgehead atoms. The molecule has 2 unspecified atom stereocenters. The Morgan fingerprint density at radius 1 is 1.19 bits per heavy atom. The smallest absolute Gasteiger partial charge is 0.255 e. The van der Waals surface area contributed by atoms with Crippen LogP contribution >= 0.6 is 0 Å². The van der Waals surface area contributed by atoms with Crippen molar-refractivity contribution in [1.29, 1.82) is 0 Å². The predicted molar refractivity (Wildman–Crippen MR) is 103 cm³/mol. The van der Waals surface area contributed by atoms with Crippen LogP contribution in [0.5, 0.6) is 0 Å². The quantitative estimate of drug-likeness (QED) is 0.868. The number of carbonyl (C=O) groups is 2. The lowest BCUT2D eigenvalue weighted by atomic mass is 9.92. The van der Waals surface area contributed by atoms with Crippen molar-refractivity contribution in [2.75, 3.05) is 18.4 Å². The Hall–Kier alpha value is -2.73. The number of likely N-dealkylation sites (tertiary alicyclic amines) is 1. The Balaban J connectivity index is 1.74. The molecule has 0 aromatic heterocycles. The van der Waals surface area contributed by atoms with Gasteiger partial charge in [-0.2, -0.15) is 0 Å². The molecule has 2 aromatic carbocycles. The van der Waals surface area contributed by atoms with E-state index in [-0.39, 0.29) is 17.9 Å². The van der Waals surface area contributed by atoms with Gasteiger partial charge in [0, 0.05) is 35.9 Å². The summed E-state index contributed by atoms with van der Waals surface area (Å²) < 4.78 is 13.0. The average molecular weight is 369 g/mol. The van der Waals surface area contributed by atoms with Crippen molar-refractivity contribution < 1.29 is 14.0 Å². The van der Waals surface area contributed by atoms with Crippen LogP contribution in [0.4, 0.5) is 10.1 Å². The van der Waals surface area contributed by atoms with E-state index in [2.05, 4.69) is 12.2 Å². The number of hydrogen-bond acceptors (Lipinski definition) is 3. The van der Waals surface area contributed by atoms with E-state index in [1.165, 1.54) is 24.3 Å². The topological polar surface area (TPSA) is 75.4 Å².